The molecule has 2 aromatic rings. The molecule has 1 N–H and O–H groups in total. The van der Waals surface area contributed by atoms with Crippen molar-refractivity contribution in [2.24, 2.45) is 0 Å². The number of aromatic carboxylic acids is 1. The average Bonchev–Trinajstić information content (AvgIpc) is 2.59. The smallest absolute Gasteiger partial charge is 0.354 e. The van der Waals surface area contributed by atoms with Crippen molar-refractivity contribution in [2.75, 3.05) is 19.0 Å². The minimum atomic E-state index is -1.04. The molecule has 0 spiro atoms. The first-order valence-electron chi connectivity index (χ1n) is 4.76. The third-order valence-electron chi connectivity index (χ3n) is 2.31. The molecule has 0 aromatic carbocycles. The minimum absolute atomic E-state index is 0.0276. The molecule has 2 rings (SSSR count). The number of hydrogen-bond acceptors (Lipinski definition) is 4. The quantitative estimate of drug-likeness (QED) is 0.810. The summed E-state index contributed by atoms with van der Waals surface area (Å²) in [7, 11) is 3.66. The predicted molar refractivity (Wildman–Crippen MR) is 59.0 cm³/mol. The van der Waals surface area contributed by atoms with Crippen LogP contribution in [0.5, 0.6) is 0 Å². The lowest BCUT2D eigenvalue weighted by Gasteiger charge is -2.14. The monoisotopic (exact) mass is 220 g/mol. The van der Waals surface area contributed by atoms with Gasteiger partial charge in [0, 0.05) is 25.7 Å². The van der Waals surface area contributed by atoms with Crippen molar-refractivity contribution in [2.45, 2.75) is 6.92 Å². The van der Waals surface area contributed by atoms with Gasteiger partial charge in [-0.25, -0.2) is 9.78 Å². The minimum Gasteiger partial charge on any atom is -0.477 e. The highest BCUT2D eigenvalue weighted by Gasteiger charge is 2.14. The first-order valence-corrected chi connectivity index (χ1v) is 4.76. The van der Waals surface area contributed by atoms with E-state index in [2.05, 4.69) is 10.1 Å². The normalized spacial score (nSPS) is 10.7. The van der Waals surface area contributed by atoms with Gasteiger partial charge >= 0.3 is 5.97 Å². The summed E-state index contributed by atoms with van der Waals surface area (Å²) in [4.78, 5) is 16.8. The number of rotatable bonds is 2. The largest absolute Gasteiger partial charge is 0.477 e. The molecule has 84 valence electrons. The molecule has 0 saturated carbocycles. The summed E-state index contributed by atoms with van der Waals surface area (Å²) in [6, 6.07) is 1.50. The Morgan fingerprint density at radius 3 is 2.75 bits per heavy atom. The maximum atomic E-state index is 10.9. The second kappa shape index (κ2) is 3.48. The van der Waals surface area contributed by atoms with E-state index in [0.717, 1.165) is 5.56 Å². The lowest BCUT2D eigenvalue weighted by molar-refractivity contribution is 0.0690. The highest BCUT2D eigenvalue weighted by Crippen LogP contribution is 2.17. The molecule has 2 aromatic heterocycles. The van der Waals surface area contributed by atoms with E-state index >= 15 is 0 Å². The number of anilines is 1. The third kappa shape index (κ3) is 1.48. The molecule has 0 unspecified atom stereocenters. The van der Waals surface area contributed by atoms with Crippen LogP contribution in [0.2, 0.25) is 0 Å². The first-order chi connectivity index (χ1) is 7.50. The zero-order chi connectivity index (χ0) is 11.9. The summed E-state index contributed by atoms with van der Waals surface area (Å²) in [5.41, 5.74) is 1.45. The topological polar surface area (TPSA) is 70.7 Å². The van der Waals surface area contributed by atoms with Gasteiger partial charge in [0.15, 0.2) is 11.3 Å². The molecular weight excluding hydrogens is 208 g/mol. The first kappa shape index (κ1) is 10.4. The van der Waals surface area contributed by atoms with Crippen molar-refractivity contribution >= 4 is 17.4 Å². The zero-order valence-corrected chi connectivity index (χ0v) is 9.30. The Labute approximate surface area is 92.1 Å². The van der Waals surface area contributed by atoms with Crippen LogP contribution in [0, 0.1) is 6.92 Å². The predicted octanol–water partition coefficient (Wildman–Crippen LogP) is 0.802. The van der Waals surface area contributed by atoms with Crippen LogP contribution in [-0.2, 0) is 0 Å². The van der Waals surface area contributed by atoms with Gasteiger partial charge < -0.3 is 10.0 Å². The van der Waals surface area contributed by atoms with E-state index in [4.69, 9.17) is 5.11 Å². The fourth-order valence-corrected chi connectivity index (χ4v) is 1.48. The molecule has 6 heteroatoms. The summed E-state index contributed by atoms with van der Waals surface area (Å²) in [6.07, 6.45) is 1.67. The van der Waals surface area contributed by atoms with Crippen LogP contribution in [-0.4, -0.2) is 39.8 Å². The van der Waals surface area contributed by atoms with Gasteiger partial charge in [0.2, 0.25) is 0 Å². The SMILES string of the molecule is Cc1cnn2c(N(C)C)cc(C(=O)O)nc12. The Hall–Kier alpha value is -2.11. The van der Waals surface area contributed by atoms with Crippen molar-refractivity contribution in [1.82, 2.24) is 14.6 Å². The van der Waals surface area contributed by atoms with E-state index in [1.165, 1.54) is 6.07 Å². The maximum Gasteiger partial charge on any atom is 0.354 e. The highest BCUT2D eigenvalue weighted by atomic mass is 16.4. The fraction of sp³-hybridized carbons (Fsp3) is 0.300. The maximum absolute atomic E-state index is 10.9. The van der Waals surface area contributed by atoms with E-state index in [1.807, 2.05) is 21.0 Å². The molecule has 0 fully saturated rings. The molecule has 6 nitrogen and oxygen atoms in total. The van der Waals surface area contributed by atoms with Gasteiger partial charge in [-0.1, -0.05) is 0 Å². The standard InChI is InChI=1S/C10H12N4O2/c1-6-5-11-14-8(13(2)3)4-7(10(15)16)12-9(6)14/h4-5H,1-3H3,(H,15,16). The Kier molecular flexibility index (Phi) is 2.26. The molecule has 0 aliphatic carbocycles. The number of nitrogens with zero attached hydrogens (tertiary/aromatic N) is 4. The molecule has 16 heavy (non-hydrogen) atoms. The Morgan fingerprint density at radius 1 is 1.50 bits per heavy atom. The van der Waals surface area contributed by atoms with E-state index in [1.54, 1.807) is 15.6 Å². The molecule has 0 bridgehead atoms. The van der Waals surface area contributed by atoms with Crippen LogP contribution in [0.4, 0.5) is 5.82 Å². The van der Waals surface area contributed by atoms with Gasteiger partial charge in [0.25, 0.3) is 0 Å². The molecule has 0 saturated heterocycles. The van der Waals surface area contributed by atoms with Gasteiger partial charge in [-0.05, 0) is 6.92 Å². The van der Waals surface area contributed by atoms with Crippen molar-refractivity contribution in [1.29, 1.82) is 0 Å². The van der Waals surface area contributed by atoms with Gasteiger partial charge in [-0.15, -0.1) is 0 Å². The van der Waals surface area contributed by atoms with E-state index in [0.29, 0.717) is 11.5 Å². The summed E-state index contributed by atoms with van der Waals surface area (Å²) in [6.45, 7) is 1.85. The van der Waals surface area contributed by atoms with Crippen molar-refractivity contribution < 1.29 is 9.90 Å². The van der Waals surface area contributed by atoms with Crippen molar-refractivity contribution in [3.8, 4) is 0 Å². The molecule has 0 amide bonds. The lowest BCUT2D eigenvalue weighted by atomic mass is 10.3. The van der Waals surface area contributed by atoms with Crippen LogP contribution < -0.4 is 4.90 Å². The Bertz CT molecular complexity index is 559. The summed E-state index contributed by atoms with van der Waals surface area (Å²) >= 11 is 0. The van der Waals surface area contributed by atoms with Crippen LogP contribution >= 0.6 is 0 Å². The fourth-order valence-electron chi connectivity index (χ4n) is 1.48. The van der Waals surface area contributed by atoms with Gasteiger partial charge in [-0.3, -0.25) is 0 Å². The molecule has 0 aliphatic rings. The molecule has 0 aliphatic heterocycles. The van der Waals surface area contributed by atoms with Crippen LogP contribution in [0.25, 0.3) is 5.65 Å². The Morgan fingerprint density at radius 2 is 2.19 bits per heavy atom. The van der Waals surface area contributed by atoms with Crippen molar-refractivity contribution in [3.05, 3.63) is 23.5 Å². The number of aromatic nitrogens is 3. The number of aryl methyl sites for hydroxylation is 1. The zero-order valence-electron chi connectivity index (χ0n) is 9.30. The van der Waals surface area contributed by atoms with E-state index in [9.17, 15) is 4.79 Å². The van der Waals surface area contributed by atoms with E-state index < -0.39 is 5.97 Å². The van der Waals surface area contributed by atoms with E-state index in [-0.39, 0.29) is 5.69 Å². The summed E-state index contributed by atoms with van der Waals surface area (Å²) in [5.74, 6) is -0.346. The van der Waals surface area contributed by atoms with Gasteiger partial charge in [-0.2, -0.15) is 9.61 Å². The molecule has 0 atom stereocenters. The second-order valence-electron chi connectivity index (χ2n) is 3.76. The summed E-state index contributed by atoms with van der Waals surface area (Å²) in [5, 5.41) is 13.1. The highest BCUT2D eigenvalue weighted by molar-refractivity contribution is 5.87. The Balaban J connectivity index is 2.80. The number of carboxylic acids is 1. The number of hydrogen-bond donors (Lipinski definition) is 1. The molecule has 0 radical (unpaired) electrons. The average molecular weight is 220 g/mol. The third-order valence-corrected chi connectivity index (χ3v) is 2.31. The van der Waals surface area contributed by atoms with Crippen LogP contribution in [0.15, 0.2) is 12.3 Å². The number of fused-ring (bicyclic) bond motifs is 1. The number of carboxylic acid groups (broad SMARTS) is 1. The molecular formula is C10H12N4O2. The summed E-state index contributed by atoms with van der Waals surface area (Å²) < 4.78 is 1.63. The van der Waals surface area contributed by atoms with Gasteiger partial charge in [0.1, 0.15) is 5.82 Å². The van der Waals surface area contributed by atoms with Crippen LogP contribution in [0.1, 0.15) is 16.1 Å². The molecule has 2 heterocycles. The lowest BCUT2D eigenvalue weighted by Crippen LogP contribution is -2.16. The van der Waals surface area contributed by atoms with Crippen LogP contribution in [0.3, 0.4) is 0 Å². The number of carbonyl (C=O) groups is 1. The van der Waals surface area contributed by atoms with Crippen molar-refractivity contribution in [3.63, 3.8) is 0 Å². The van der Waals surface area contributed by atoms with Gasteiger partial charge in [0.05, 0.1) is 6.20 Å². The second-order valence-corrected chi connectivity index (χ2v) is 3.76.